The van der Waals surface area contributed by atoms with Crippen molar-refractivity contribution in [3.05, 3.63) is 29.8 Å². The molecule has 0 aromatic heterocycles. The lowest BCUT2D eigenvalue weighted by molar-refractivity contribution is -0.159. The summed E-state index contributed by atoms with van der Waals surface area (Å²) in [5, 5.41) is 14.8. The number of carboxylic acid groups (broad SMARTS) is 2. The van der Waals surface area contributed by atoms with Crippen LogP contribution in [0.4, 0.5) is 0 Å². The maximum atomic E-state index is 12.7. The Kier molecular flexibility index (Phi) is 6.74. The van der Waals surface area contributed by atoms with Gasteiger partial charge in [0.1, 0.15) is 5.75 Å². The predicted octanol–water partition coefficient (Wildman–Crippen LogP) is 1.80. The normalized spacial score (nSPS) is 25.8. The fourth-order valence-electron chi connectivity index (χ4n) is 4.85. The lowest BCUT2D eigenvalue weighted by atomic mass is 9.93. The third kappa shape index (κ3) is 5.06. The molecule has 3 unspecified atom stereocenters. The molecule has 158 valence electrons. The van der Waals surface area contributed by atoms with Gasteiger partial charge in [-0.2, -0.15) is 0 Å². The van der Waals surface area contributed by atoms with Crippen molar-refractivity contribution in [2.45, 2.75) is 31.7 Å². The third-order valence-corrected chi connectivity index (χ3v) is 6.27. The van der Waals surface area contributed by atoms with Gasteiger partial charge in [-0.3, -0.25) is 9.69 Å². The highest BCUT2D eigenvalue weighted by molar-refractivity contribution is 6.27. The third-order valence-electron chi connectivity index (χ3n) is 6.27. The zero-order valence-corrected chi connectivity index (χ0v) is 16.6. The Bertz CT molecular complexity index is 747. The zero-order chi connectivity index (χ0) is 21.0. The first-order chi connectivity index (χ1) is 13.9. The van der Waals surface area contributed by atoms with E-state index in [0.29, 0.717) is 0 Å². The number of rotatable bonds is 3. The number of hydrogen-bond donors (Lipinski definition) is 2. The van der Waals surface area contributed by atoms with Gasteiger partial charge in [-0.05, 0) is 49.3 Å². The van der Waals surface area contributed by atoms with Crippen molar-refractivity contribution >= 4 is 17.8 Å². The molecule has 3 fully saturated rings. The summed E-state index contributed by atoms with van der Waals surface area (Å²) in [6, 6.07) is 8.28. The van der Waals surface area contributed by atoms with Gasteiger partial charge in [-0.1, -0.05) is 12.5 Å². The predicted molar refractivity (Wildman–Crippen MR) is 105 cm³/mol. The van der Waals surface area contributed by atoms with Gasteiger partial charge in [0.2, 0.25) is 0 Å². The number of benzene rings is 1. The first-order valence-electron chi connectivity index (χ1n) is 10.0. The topological polar surface area (TPSA) is 107 Å². The molecular weight excluding hydrogens is 376 g/mol. The molecule has 1 heterocycles. The molecule has 29 heavy (non-hydrogen) atoms. The van der Waals surface area contributed by atoms with Crippen molar-refractivity contribution in [1.82, 2.24) is 9.80 Å². The molecule has 0 radical (unpaired) electrons. The van der Waals surface area contributed by atoms with Crippen molar-refractivity contribution in [2.75, 3.05) is 33.3 Å². The van der Waals surface area contributed by atoms with E-state index < -0.39 is 11.9 Å². The molecule has 2 saturated carbocycles. The minimum Gasteiger partial charge on any atom is -0.497 e. The SMILES string of the molecule is COc1cccc(C(=O)N2CCN(C3CC4CCC3C4)CC2)c1.O=C(O)C(=O)O. The summed E-state index contributed by atoms with van der Waals surface area (Å²) >= 11 is 0. The van der Waals surface area contributed by atoms with Gasteiger partial charge < -0.3 is 19.8 Å². The number of nitrogens with zero attached hydrogens (tertiary/aromatic N) is 2. The quantitative estimate of drug-likeness (QED) is 0.740. The van der Waals surface area contributed by atoms with E-state index in [0.717, 1.165) is 55.4 Å². The minimum absolute atomic E-state index is 0.136. The van der Waals surface area contributed by atoms with E-state index in [-0.39, 0.29) is 5.91 Å². The number of carbonyl (C=O) groups excluding carboxylic acids is 1. The van der Waals surface area contributed by atoms with Gasteiger partial charge in [0.05, 0.1) is 7.11 Å². The Balaban J connectivity index is 0.000000353. The Morgan fingerprint density at radius 2 is 1.69 bits per heavy atom. The summed E-state index contributed by atoms with van der Waals surface area (Å²) in [5.74, 6) is -0.847. The Labute approximate surface area is 170 Å². The minimum atomic E-state index is -1.82. The Hall–Kier alpha value is -2.61. The molecule has 8 heteroatoms. The van der Waals surface area contributed by atoms with Gasteiger partial charge in [0.25, 0.3) is 5.91 Å². The average molecular weight is 404 g/mol. The maximum Gasteiger partial charge on any atom is 0.414 e. The number of piperazine rings is 1. The number of carboxylic acids is 2. The Morgan fingerprint density at radius 3 is 2.21 bits per heavy atom. The molecule has 1 amide bonds. The summed E-state index contributed by atoms with van der Waals surface area (Å²) in [4.78, 5) is 35.5. The lowest BCUT2D eigenvalue weighted by Gasteiger charge is -2.41. The number of fused-ring (bicyclic) bond motifs is 2. The fourth-order valence-corrected chi connectivity index (χ4v) is 4.85. The van der Waals surface area contributed by atoms with E-state index in [9.17, 15) is 4.79 Å². The van der Waals surface area contributed by atoms with Crippen LogP contribution in [0.15, 0.2) is 24.3 Å². The van der Waals surface area contributed by atoms with Crippen molar-refractivity contribution in [3.8, 4) is 5.75 Å². The van der Waals surface area contributed by atoms with E-state index >= 15 is 0 Å². The largest absolute Gasteiger partial charge is 0.497 e. The second kappa shape index (κ2) is 9.26. The van der Waals surface area contributed by atoms with E-state index in [4.69, 9.17) is 24.5 Å². The van der Waals surface area contributed by atoms with Gasteiger partial charge in [0.15, 0.2) is 0 Å². The first-order valence-corrected chi connectivity index (χ1v) is 10.0. The number of ether oxygens (including phenoxy) is 1. The van der Waals surface area contributed by atoms with E-state index in [2.05, 4.69) is 4.90 Å². The Morgan fingerprint density at radius 1 is 1.00 bits per heavy atom. The summed E-state index contributed by atoms with van der Waals surface area (Å²) in [6.45, 7) is 3.76. The fraction of sp³-hybridized carbons (Fsp3) is 0.571. The highest BCUT2D eigenvalue weighted by Gasteiger charge is 2.42. The smallest absolute Gasteiger partial charge is 0.414 e. The number of methoxy groups -OCH3 is 1. The molecule has 0 spiro atoms. The van der Waals surface area contributed by atoms with Crippen LogP contribution in [-0.2, 0) is 9.59 Å². The van der Waals surface area contributed by atoms with Gasteiger partial charge >= 0.3 is 11.9 Å². The van der Waals surface area contributed by atoms with Crippen LogP contribution in [0.25, 0.3) is 0 Å². The second-order valence-corrected chi connectivity index (χ2v) is 7.91. The van der Waals surface area contributed by atoms with E-state index in [1.54, 1.807) is 7.11 Å². The summed E-state index contributed by atoms with van der Waals surface area (Å²) < 4.78 is 5.23. The molecular formula is C21H28N2O6. The molecule has 2 N–H and O–H groups in total. The highest BCUT2D eigenvalue weighted by atomic mass is 16.5. The van der Waals surface area contributed by atoms with Crippen molar-refractivity contribution in [2.24, 2.45) is 11.8 Å². The van der Waals surface area contributed by atoms with E-state index in [1.807, 2.05) is 29.2 Å². The van der Waals surface area contributed by atoms with Gasteiger partial charge in [-0.25, -0.2) is 9.59 Å². The van der Waals surface area contributed by atoms with Crippen LogP contribution in [0.2, 0.25) is 0 Å². The molecule has 1 saturated heterocycles. The van der Waals surface area contributed by atoms with Crippen molar-refractivity contribution < 1.29 is 29.3 Å². The van der Waals surface area contributed by atoms with Crippen LogP contribution in [0.3, 0.4) is 0 Å². The molecule has 4 rings (SSSR count). The van der Waals surface area contributed by atoms with Crippen LogP contribution >= 0.6 is 0 Å². The second-order valence-electron chi connectivity index (χ2n) is 7.91. The van der Waals surface area contributed by atoms with Crippen LogP contribution in [-0.4, -0.2) is 77.2 Å². The van der Waals surface area contributed by atoms with Crippen LogP contribution in [0.5, 0.6) is 5.75 Å². The molecule has 2 bridgehead atoms. The van der Waals surface area contributed by atoms with E-state index in [1.165, 1.54) is 25.7 Å². The highest BCUT2D eigenvalue weighted by Crippen LogP contribution is 2.46. The zero-order valence-electron chi connectivity index (χ0n) is 16.6. The summed E-state index contributed by atoms with van der Waals surface area (Å²) in [5.41, 5.74) is 0.734. The molecule has 1 aliphatic heterocycles. The molecule has 3 aliphatic rings. The number of aliphatic carboxylic acids is 2. The monoisotopic (exact) mass is 404 g/mol. The summed E-state index contributed by atoms with van der Waals surface area (Å²) in [6.07, 6.45) is 5.73. The molecule has 1 aromatic rings. The lowest BCUT2D eigenvalue weighted by Crippen LogP contribution is -2.53. The molecule has 2 aliphatic carbocycles. The first kappa shape index (κ1) is 21.1. The van der Waals surface area contributed by atoms with Gasteiger partial charge in [-0.15, -0.1) is 0 Å². The standard InChI is InChI=1S/C19H26N2O2.C2H2O4/c1-23-17-4-2-3-16(13-17)19(22)21-9-7-20(8-10-21)18-12-14-5-6-15(18)11-14;3-1(4)2(5)6/h2-4,13-15,18H,5-12H2,1H3;(H,3,4)(H,5,6). The molecule has 1 aromatic carbocycles. The number of hydrogen-bond acceptors (Lipinski definition) is 5. The number of carbonyl (C=O) groups is 3. The van der Waals surface area contributed by atoms with Crippen molar-refractivity contribution in [3.63, 3.8) is 0 Å². The number of amides is 1. The molecule has 8 nitrogen and oxygen atoms in total. The van der Waals surface area contributed by atoms with Gasteiger partial charge in [0, 0.05) is 37.8 Å². The van der Waals surface area contributed by atoms with Crippen molar-refractivity contribution in [1.29, 1.82) is 0 Å². The van der Waals surface area contributed by atoms with Crippen LogP contribution < -0.4 is 4.74 Å². The summed E-state index contributed by atoms with van der Waals surface area (Å²) in [7, 11) is 1.64. The molecule has 3 atom stereocenters. The van der Waals surface area contributed by atoms with Crippen LogP contribution in [0.1, 0.15) is 36.0 Å². The average Bonchev–Trinajstić information content (AvgIpc) is 3.37. The van der Waals surface area contributed by atoms with Crippen LogP contribution in [0, 0.1) is 11.8 Å². The maximum absolute atomic E-state index is 12.7.